The molecule has 0 spiro atoms. The molecule has 0 radical (unpaired) electrons. The van der Waals surface area contributed by atoms with Crippen molar-refractivity contribution < 1.29 is 32.2 Å². The van der Waals surface area contributed by atoms with E-state index in [9.17, 15) is 22.8 Å². The highest BCUT2D eigenvalue weighted by Crippen LogP contribution is 2.30. The summed E-state index contributed by atoms with van der Waals surface area (Å²) in [5.41, 5.74) is 2.70. The number of esters is 1. The molecule has 1 amide bonds. The van der Waals surface area contributed by atoms with Crippen LogP contribution in [0.25, 0.3) is 11.1 Å². The highest BCUT2D eigenvalue weighted by Gasteiger charge is 2.31. The number of aryl methyl sites for hydroxylation is 1. The van der Waals surface area contributed by atoms with Gasteiger partial charge in [-0.05, 0) is 54.3 Å². The van der Waals surface area contributed by atoms with Crippen LogP contribution >= 0.6 is 0 Å². The van der Waals surface area contributed by atoms with Gasteiger partial charge in [0.15, 0.2) is 0 Å². The third kappa shape index (κ3) is 6.61. The van der Waals surface area contributed by atoms with Crippen molar-refractivity contribution in [2.45, 2.75) is 33.1 Å². The highest BCUT2D eigenvalue weighted by atomic mass is 19.4. The molecule has 0 aromatic heterocycles. The van der Waals surface area contributed by atoms with Crippen LogP contribution < -0.4 is 10.1 Å². The molecule has 0 aliphatic rings. The summed E-state index contributed by atoms with van der Waals surface area (Å²) in [7, 11) is 0. The number of hydrogen-bond donors (Lipinski definition) is 1. The molecule has 1 N–H and O–H groups in total. The molecule has 0 aliphatic heterocycles. The maximum Gasteiger partial charge on any atom is 0.573 e. The minimum Gasteiger partial charge on any atom is -0.466 e. The van der Waals surface area contributed by atoms with Gasteiger partial charge < -0.3 is 14.8 Å². The monoisotopic (exact) mass is 395 g/mol. The van der Waals surface area contributed by atoms with E-state index in [-0.39, 0.29) is 30.7 Å². The van der Waals surface area contributed by atoms with Crippen molar-refractivity contribution in [2.24, 2.45) is 0 Å². The number of hydrogen-bond acceptors (Lipinski definition) is 4. The molecule has 8 heteroatoms. The van der Waals surface area contributed by atoms with Crippen molar-refractivity contribution in [2.75, 3.05) is 11.9 Å². The van der Waals surface area contributed by atoms with Crippen LogP contribution in [0.1, 0.15) is 25.8 Å². The molecule has 2 aromatic carbocycles. The number of amides is 1. The van der Waals surface area contributed by atoms with E-state index < -0.39 is 6.36 Å². The average Bonchev–Trinajstić information content (AvgIpc) is 2.59. The second kappa shape index (κ2) is 9.25. The van der Waals surface area contributed by atoms with E-state index in [1.807, 2.05) is 0 Å². The van der Waals surface area contributed by atoms with Gasteiger partial charge in [0.05, 0.1) is 6.61 Å². The summed E-state index contributed by atoms with van der Waals surface area (Å²) in [5.74, 6) is -0.913. The van der Waals surface area contributed by atoms with Gasteiger partial charge in [0.1, 0.15) is 5.75 Å². The largest absolute Gasteiger partial charge is 0.573 e. The van der Waals surface area contributed by atoms with Crippen LogP contribution in [-0.4, -0.2) is 24.8 Å². The number of nitrogens with one attached hydrogen (secondary N) is 1. The lowest BCUT2D eigenvalue weighted by atomic mass is 9.96. The third-order valence-corrected chi connectivity index (χ3v) is 3.73. The Hall–Kier alpha value is -3.03. The van der Waals surface area contributed by atoms with E-state index in [1.54, 1.807) is 25.1 Å². The fraction of sp³-hybridized carbons (Fsp3) is 0.300. The van der Waals surface area contributed by atoms with E-state index in [0.29, 0.717) is 17.7 Å². The first-order chi connectivity index (χ1) is 13.2. The van der Waals surface area contributed by atoms with Gasteiger partial charge in [-0.2, -0.15) is 0 Å². The smallest absolute Gasteiger partial charge is 0.466 e. The summed E-state index contributed by atoms with van der Waals surface area (Å²) in [5, 5.41) is 2.67. The van der Waals surface area contributed by atoms with Crippen molar-refractivity contribution in [3.63, 3.8) is 0 Å². The van der Waals surface area contributed by atoms with Gasteiger partial charge in [-0.3, -0.25) is 9.59 Å². The highest BCUT2D eigenvalue weighted by molar-refractivity contribution is 5.89. The molecule has 0 saturated carbocycles. The van der Waals surface area contributed by atoms with Gasteiger partial charge >= 0.3 is 12.3 Å². The molecule has 0 unspecified atom stereocenters. The lowest BCUT2D eigenvalue weighted by molar-refractivity contribution is -0.274. The summed E-state index contributed by atoms with van der Waals surface area (Å²) < 4.78 is 45.8. The molecule has 0 atom stereocenters. The molecule has 150 valence electrons. The lowest BCUT2D eigenvalue weighted by Crippen LogP contribution is -2.16. The minimum atomic E-state index is -4.76. The van der Waals surface area contributed by atoms with E-state index in [1.165, 1.54) is 31.2 Å². The zero-order valence-electron chi connectivity index (χ0n) is 15.4. The molecule has 2 aromatic rings. The van der Waals surface area contributed by atoms with E-state index >= 15 is 0 Å². The maximum absolute atomic E-state index is 12.3. The number of carbonyl (C=O) groups is 2. The Morgan fingerprint density at radius 1 is 1.07 bits per heavy atom. The molecule has 28 heavy (non-hydrogen) atoms. The maximum atomic E-state index is 12.3. The summed E-state index contributed by atoms with van der Waals surface area (Å²) in [6.45, 7) is 3.37. The van der Waals surface area contributed by atoms with Crippen molar-refractivity contribution in [1.82, 2.24) is 0 Å². The third-order valence-electron chi connectivity index (χ3n) is 3.73. The number of rotatable bonds is 7. The van der Waals surface area contributed by atoms with Crippen molar-refractivity contribution in [1.29, 1.82) is 0 Å². The Balaban J connectivity index is 2.30. The predicted octanol–water partition coefficient (Wildman–Crippen LogP) is 4.71. The van der Waals surface area contributed by atoms with Crippen LogP contribution in [0, 0.1) is 0 Å². The van der Waals surface area contributed by atoms with Gasteiger partial charge in [-0.1, -0.05) is 18.2 Å². The minimum absolute atomic E-state index is 0.139. The molecule has 0 saturated heterocycles. The van der Waals surface area contributed by atoms with Crippen LogP contribution in [0.3, 0.4) is 0 Å². The Morgan fingerprint density at radius 3 is 2.32 bits per heavy atom. The van der Waals surface area contributed by atoms with Crippen LogP contribution in [0.15, 0.2) is 42.5 Å². The molecule has 0 fully saturated rings. The summed E-state index contributed by atoms with van der Waals surface area (Å²) in [4.78, 5) is 23.0. The van der Waals surface area contributed by atoms with E-state index in [0.717, 1.165) is 11.1 Å². The average molecular weight is 395 g/mol. The van der Waals surface area contributed by atoms with E-state index in [2.05, 4.69) is 10.1 Å². The first-order valence-electron chi connectivity index (χ1n) is 8.60. The zero-order chi connectivity index (χ0) is 20.7. The molecular weight excluding hydrogens is 375 g/mol. The Kier molecular flexibility index (Phi) is 7.03. The standard InChI is InChI=1S/C20H20F3NO4/c1-3-27-19(26)11-6-15-12-16(24-13(2)25)7-10-18(15)14-4-8-17(9-5-14)28-20(21,22)23/h4-5,7-10,12H,3,6,11H2,1-2H3,(H,24,25). The Labute approximate surface area is 160 Å². The number of anilines is 1. The van der Waals surface area contributed by atoms with Crippen molar-refractivity contribution in [3.8, 4) is 16.9 Å². The van der Waals surface area contributed by atoms with Gasteiger partial charge in [0.25, 0.3) is 0 Å². The van der Waals surface area contributed by atoms with Gasteiger partial charge in [0, 0.05) is 19.0 Å². The topological polar surface area (TPSA) is 64.6 Å². The summed E-state index contributed by atoms with van der Waals surface area (Å²) in [6, 6.07) is 10.6. The van der Waals surface area contributed by atoms with Crippen LogP contribution in [-0.2, 0) is 20.7 Å². The molecular formula is C20H20F3NO4. The molecule has 2 rings (SSSR count). The first-order valence-corrected chi connectivity index (χ1v) is 8.60. The summed E-state index contributed by atoms with van der Waals surface area (Å²) in [6.07, 6.45) is -4.27. The number of halogens is 3. The van der Waals surface area contributed by atoms with Crippen molar-refractivity contribution >= 4 is 17.6 Å². The quantitative estimate of drug-likeness (QED) is 0.690. The predicted molar refractivity (Wildman–Crippen MR) is 97.8 cm³/mol. The Morgan fingerprint density at radius 2 is 1.75 bits per heavy atom. The molecule has 0 aliphatic carbocycles. The van der Waals surface area contributed by atoms with Gasteiger partial charge in [-0.25, -0.2) is 0 Å². The lowest BCUT2D eigenvalue weighted by Gasteiger charge is -2.14. The molecule has 0 bridgehead atoms. The fourth-order valence-corrected chi connectivity index (χ4v) is 2.67. The normalized spacial score (nSPS) is 11.0. The molecule has 5 nitrogen and oxygen atoms in total. The van der Waals surface area contributed by atoms with E-state index in [4.69, 9.17) is 4.74 Å². The molecule has 0 heterocycles. The van der Waals surface area contributed by atoms with Crippen LogP contribution in [0.2, 0.25) is 0 Å². The first kappa shape index (κ1) is 21.3. The Bertz CT molecular complexity index is 832. The number of alkyl halides is 3. The SMILES string of the molecule is CCOC(=O)CCc1cc(NC(C)=O)ccc1-c1ccc(OC(F)(F)F)cc1. The van der Waals surface area contributed by atoms with Gasteiger partial charge in [0.2, 0.25) is 5.91 Å². The fourth-order valence-electron chi connectivity index (χ4n) is 2.67. The van der Waals surface area contributed by atoms with Gasteiger partial charge in [-0.15, -0.1) is 13.2 Å². The van der Waals surface area contributed by atoms with Crippen LogP contribution in [0.4, 0.5) is 18.9 Å². The second-order valence-electron chi connectivity index (χ2n) is 5.93. The number of carbonyl (C=O) groups excluding carboxylic acids is 2. The second-order valence-corrected chi connectivity index (χ2v) is 5.93. The zero-order valence-corrected chi connectivity index (χ0v) is 15.4. The number of ether oxygens (including phenoxy) is 2. The number of benzene rings is 2. The van der Waals surface area contributed by atoms with Crippen molar-refractivity contribution in [3.05, 3.63) is 48.0 Å². The van der Waals surface area contributed by atoms with Crippen LogP contribution in [0.5, 0.6) is 5.75 Å². The summed E-state index contributed by atoms with van der Waals surface area (Å²) >= 11 is 0.